The molecule has 0 aromatic heterocycles. The van der Waals surface area contributed by atoms with Crippen LogP contribution in [-0.2, 0) is 10.0 Å². The van der Waals surface area contributed by atoms with E-state index < -0.39 is 10.0 Å². The number of allylic oxidation sites excluding steroid dienone is 2. The van der Waals surface area contributed by atoms with Crippen molar-refractivity contribution >= 4 is 21.4 Å². The van der Waals surface area contributed by atoms with E-state index in [4.69, 9.17) is 4.74 Å². The van der Waals surface area contributed by atoms with Gasteiger partial charge in [0.15, 0.2) is 0 Å². The van der Waals surface area contributed by atoms with E-state index in [0.29, 0.717) is 11.4 Å². The van der Waals surface area contributed by atoms with Gasteiger partial charge >= 0.3 is 0 Å². The van der Waals surface area contributed by atoms with Gasteiger partial charge in [-0.05, 0) is 78.1 Å². The maximum atomic E-state index is 13.4. The number of fused-ring (bicyclic) bond motifs is 3. The molecule has 0 fully saturated rings. The van der Waals surface area contributed by atoms with Crippen LogP contribution in [0.2, 0.25) is 0 Å². The summed E-state index contributed by atoms with van der Waals surface area (Å²) < 4.78 is 47.2. The lowest BCUT2D eigenvalue weighted by Gasteiger charge is -2.37. The van der Waals surface area contributed by atoms with Crippen molar-refractivity contribution in [3.8, 4) is 5.75 Å². The van der Waals surface area contributed by atoms with Gasteiger partial charge in [0.25, 0.3) is 10.0 Å². The second kappa shape index (κ2) is 7.98. The number of ether oxygens (including phenoxy) is 1. The lowest BCUT2D eigenvalue weighted by molar-refractivity contribution is 0.415. The number of anilines is 2. The average molecular weight is 451 g/mol. The van der Waals surface area contributed by atoms with Crippen LogP contribution in [0.3, 0.4) is 0 Å². The Hall–Kier alpha value is -3.32. The molecule has 0 spiro atoms. The molecule has 0 saturated heterocycles. The standard InChI is InChI=1S/C25H23FN2O3S/c1-31-19-11-9-18(10-12-19)28-32(29,30)20-13-14-24-23(15-20)21-3-2-4-22(21)25(27-24)16-5-7-17(26)8-6-16/h2-3,5-15,21-22,25,27-28H,4H2,1H3. The number of nitrogens with one attached hydrogen (secondary N) is 2. The van der Waals surface area contributed by atoms with Gasteiger partial charge in [-0.25, -0.2) is 12.8 Å². The topological polar surface area (TPSA) is 67.4 Å². The Morgan fingerprint density at radius 1 is 1.03 bits per heavy atom. The maximum Gasteiger partial charge on any atom is 0.261 e. The zero-order valence-electron chi connectivity index (χ0n) is 17.5. The lowest BCUT2D eigenvalue weighted by atomic mass is 9.77. The summed E-state index contributed by atoms with van der Waals surface area (Å²) in [5, 5.41) is 3.55. The minimum atomic E-state index is -3.75. The molecule has 3 atom stereocenters. The molecule has 3 unspecified atom stereocenters. The zero-order valence-corrected chi connectivity index (χ0v) is 18.3. The molecule has 3 aromatic rings. The summed E-state index contributed by atoms with van der Waals surface area (Å²) in [4.78, 5) is 0.216. The van der Waals surface area contributed by atoms with Gasteiger partial charge in [-0.3, -0.25) is 4.72 Å². The number of methoxy groups -OCH3 is 1. The highest BCUT2D eigenvalue weighted by Crippen LogP contribution is 2.50. The van der Waals surface area contributed by atoms with Crippen molar-refractivity contribution in [3.05, 3.63) is 95.8 Å². The highest BCUT2D eigenvalue weighted by molar-refractivity contribution is 7.92. The Kier molecular flexibility index (Phi) is 5.13. The summed E-state index contributed by atoms with van der Waals surface area (Å²) in [5.41, 5.74) is 3.35. The van der Waals surface area contributed by atoms with Gasteiger partial charge in [-0.2, -0.15) is 0 Å². The molecule has 7 heteroatoms. The molecule has 5 nitrogen and oxygen atoms in total. The molecule has 1 aliphatic heterocycles. The van der Waals surface area contributed by atoms with Gasteiger partial charge in [0.05, 0.1) is 18.0 Å². The van der Waals surface area contributed by atoms with Crippen LogP contribution in [0.5, 0.6) is 5.75 Å². The number of hydrogen-bond acceptors (Lipinski definition) is 4. The molecule has 5 rings (SSSR count). The second-order valence-electron chi connectivity index (χ2n) is 8.11. The summed E-state index contributed by atoms with van der Waals surface area (Å²) in [6, 6.07) is 18.5. The first-order valence-corrected chi connectivity index (χ1v) is 11.9. The fraction of sp³-hybridized carbons (Fsp3) is 0.200. The maximum absolute atomic E-state index is 13.4. The summed E-state index contributed by atoms with van der Waals surface area (Å²) in [5.74, 6) is 0.728. The van der Waals surface area contributed by atoms with Crippen molar-refractivity contribution < 1.29 is 17.5 Å². The van der Waals surface area contributed by atoms with Gasteiger partial charge in [0.1, 0.15) is 11.6 Å². The Labute approximate surface area is 187 Å². The molecule has 1 heterocycles. The summed E-state index contributed by atoms with van der Waals surface area (Å²) in [6.07, 6.45) is 5.16. The number of rotatable bonds is 5. The van der Waals surface area contributed by atoms with Crippen molar-refractivity contribution in [2.75, 3.05) is 17.1 Å². The van der Waals surface area contributed by atoms with Gasteiger partial charge in [-0.1, -0.05) is 24.3 Å². The van der Waals surface area contributed by atoms with Gasteiger partial charge in [0, 0.05) is 17.3 Å². The predicted octanol–water partition coefficient (Wildman–Crippen LogP) is 5.46. The van der Waals surface area contributed by atoms with Crippen LogP contribution in [0, 0.1) is 11.7 Å². The van der Waals surface area contributed by atoms with Crippen molar-refractivity contribution in [2.45, 2.75) is 23.3 Å². The molecule has 164 valence electrons. The van der Waals surface area contributed by atoms with E-state index in [9.17, 15) is 12.8 Å². The summed E-state index contributed by atoms with van der Waals surface area (Å²) >= 11 is 0. The van der Waals surface area contributed by atoms with E-state index in [1.54, 1.807) is 43.5 Å². The van der Waals surface area contributed by atoms with Gasteiger partial charge in [-0.15, -0.1) is 0 Å². The van der Waals surface area contributed by atoms with Gasteiger partial charge < -0.3 is 10.1 Å². The predicted molar refractivity (Wildman–Crippen MR) is 123 cm³/mol. The molecule has 0 amide bonds. The minimum absolute atomic E-state index is 0.0305. The molecule has 0 radical (unpaired) electrons. The van der Waals surface area contributed by atoms with Crippen LogP contribution in [0.4, 0.5) is 15.8 Å². The first kappa shape index (κ1) is 20.6. The van der Waals surface area contributed by atoms with Crippen molar-refractivity contribution in [2.24, 2.45) is 5.92 Å². The Morgan fingerprint density at radius 2 is 1.78 bits per heavy atom. The van der Waals surface area contributed by atoms with Crippen LogP contribution >= 0.6 is 0 Å². The Bertz CT molecular complexity index is 1270. The molecular weight excluding hydrogens is 427 g/mol. The second-order valence-corrected chi connectivity index (χ2v) is 9.79. The molecule has 32 heavy (non-hydrogen) atoms. The zero-order chi connectivity index (χ0) is 22.3. The van der Waals surface area contributed by atoms with E-state index in [1.807, 2.05) is 18.2 Å². The minimum Gasteiger partial charge on any atom is -0.497 e. The first-order valence-electron chi connectivity index (χ1n) is 10.4. The number of halogens is 1. The number of benzene rings is 3. The average Bonchev–Trinajstić information content (AvgIpc) is 3.29. The smallest absolute Gasteiger partial charge is 0.261 e. The number of hydrogen-bond donors (Lipinski definition) is 2. The molecule has 2 N–H and O–H groups in total. The SMILES string of the molecule is COc1ccc(NS(=O)(=O)c2ccc3c(c2)C2C=CCC2C(c2ccc(F)cc2)N3)cc1. The fourth-order valence-electron chi connectivity index (χ4n) is 4.61. The van der Waals surface area contributed by atoms with Crippen molar-refractivity contribution in [1.29, 1.82) is 0 Å². The van der Waals surface area contributed by atoms with Crippen LogP contribution in [0.15, 0.2) is 83.8 Å². The molecular formula is C25H23FN2O3S. The van der Waals surface area contributed by atoms with Crippen LogP contribution in [0.25, 0.3) is 0 Å². The van der Waals surface area contributed by atoms with Crippen molar-refractivity contribution in [1.82, 2.24) is 0 Å². The third-order valence-corrected chi connectivity index (χ3v) is 7.59. The molecule has 1 aliphatic carbocycles. The van der Waals surface area contributed by atoms with E-state index in [0.717, 1.165) is 23.2 Å². The largest absolute Gasteiger partial charge is 0.497 e. The van der Waals surface area contributed by atoms with Crippen LogP contribution < -0.4 is 14.8 Å². The fourth-order valence-corrected chi connectivity index (χ4v) is 5.71. The van der Waals surface area contributed by atoms with Crippen LogP contribution in [-0.4, -0.2) is 15.5 Å². The Morgan fingerprint density at radius 3 is 2.50 bits per heavy atom. The van der Waals surface area contributed by atoms with Crippen LogP contribution in [0.1, 0.15) is 29.5 Å². The summed E-state index contributed by atoms with van der Waals surface area (Å²) in [7, 11) is -2.19. The van der Waals surface area contributed by atoms with E-state index >= 15 is 0 Å². The highest BCUT2D eigenvalue weighted by Gasteiger charge is 2.38. The monoisotopic (exact) mass is 450 g/mol. The van der Waals surface area contributed by atoms with E-state index in [1.165, 1.54) is 12.1 Å². The number of sulfonamides is 1. The van der Waals surface area contributed by atoms with Gasteiger partial charge in [0.2, 0.25) is 0 Å². The molecule has 2 aliphatic rings. The van der Waals surface area contributed by atoms with E-state index in [2.05, 4.69) is 22.2 Å². The first-order chi connectivity index (χ1) is 15.4. The molecule has 3 aromatic carbocycles. The highest BCUT2D eigenvalue weighted by atomic mass is 32.2. The third kappa shape index (κ3) is 3.73. The third-order valence-electron chi connectivity index (χ3n) is 6.22. The van der Waals surface area contributed by atoms with E-state index in [-0.39, 0.29) is 28.6 Å². The normalized spacial score (nSPS) is 21.4. The molecule has 0 saturated carbocycles. The summed E-state index contributed by atoms with van der Waals surface area (Å²) in [6.45, 7) is 0. The quantitative estimate of drug-likeness (QED) is 0.507. The van der Waals surface area contributed by atoms with Crippen molar-refractivity contribution in [3.63, 3.8) is 0 Å². The Balaban J connectivity index is 1.46. The molecule has 0 bridgehead atoms. The lowest BCUT2D eigenvalue weighted by Crippen LogP contribution is -2.29.